The van der Waals surface area contributed by atoms with E-state index in [0.717, 1.165) is 24.4 Å². The normalized spacial score (nSPS) is 33.4. The third-order valence-corrected chi connectivity index (χ3v) is 5.95. The van der Waals surface area contributed by atoms with Crippen molar-refractivity contribution in [1.82, 2.24) is 0 Å². The smallest absolute Gasteiger partial charge is 0.0575 e. The molecule has 2 fully saturated rings. The summed E-state index contributed by atoms with van der Waals surface area (Å²) in [4.78, 5) is 0. The fourth-order valence-electron chi connectivity index (χ4n) is 4.47. The fraction of sp³-hybridized carbons (Fsp3) is 0.905. The van der Waals surface area contributed by atoms with E-state index < -0.39 is 0 Å². The fourth-order valence-corrected chi connectivity index (χ4v) is 4.47. The van der Waals surface area contributed by atoms with Crippen LogP contribution in [0.5, 0.6) is 0 Å². The molecule has 2 saturated carbocycles. The summed E-state index contributed by atoms with van der Waals surface area (Å²) < 4.78 is 6.07. The molecule has 0 aromatic carbocycles. The van der Waals surface area contributed by atoms with Gasteiger partial charge in [0.05, 0.1) is 6.10 Å². The van der Waals surface area contributed by atoms with E-state index in [4.69, 9.17) is 4.74 Å². The summed E-state index contributed by atoms with van der Waals surface area (Å²) in [7, 11) is 0. The van der Waals surface area contributed by atoms with Gasteiger partial charge in [-0.2, -0.15) is 0 Å². The van der Waals surface area contributed by atoms with Crippen LogP contribution < -0.4 is 0 Å². The Morgan fingerprint density at radius 3 is 2.05 bits per heavy atom. The number of ether oxygens (including phenoxy) is 1. The van der Waals surface area contributed by atoms with E-state index in [2.05, 4.69) is 26.0 Å². The third-order valence-electron chi connectivity index (χ3n) is 5.95. The van der Waals surface area contributed by atoms with Crippen LogP contribution >= 0.6 is 0 Å². The first-order chi connectivity index (χ1) is 10.8. The molecule has 0 spiro atoms. The van der Waals surface area contributed by atoms with Crippen LogP contribution in [0.1, 0.15) is 90.9 Å². The first-order valence-corrected chi connectivity index (χ1v) is 10.1. The van der Waals surface area contributed by atoms with Crippen LogP contribution in [0.4, 0.5) is 0 Å². The van der Waals surface area contributed by atoms with Crippen LogP contribution in [0.15, 0.2) is 12.2 Å². The molecule has 0 N–H and O–H groups in total. The molecule has 22 heavy (non-hydrogen) atoms. The Hall–Kier alpha value is -0.300. The van der Waals surface area contributed by atoms with Gasteiger partial charge in [-0.1, -0.05) is 38.8 Å². The Morgan fingerprint density at radius 2 is 1.45 bits per heavy atom. The highest BCUT2D eigenvalue weighted by Crippen LogP contribution is 2.40. The lowest BCUT2D eigenvalue weighted by Crippen LogP contribution is -2.28. The monoisotopic (exact) mass is 306 g/mol. The molecular formula is C21H38O. The Kier molecular flexibility index (Phi) is 8.59. The van der Waals surface area contributed by atoms with Gasteiger partial charge in [0.2, 0.25) is 0 Å². The van der Waals surface area contributed by atoms with Crippen LogP contribution in [-0.4, -0.2) is 12.7 Å². The first kappa shape index (κ1) is 18.0. The van der Waals surface area contributed by atoms with E-state index in [-0.39, 0.29) is 0 Å². The standard InChI is InChI=1S/C21H38O/c1-3-5-7-17-22-21-15-13-20(14-16-21)19-11-9-18(10-12-19)8-6-4-2/h6,8,18-21H,3-5,7,9-17H2,1-2H3/b8-6+/t18-,19-,20-,21-. The zero-order chi connectivity index (χ0) is 15.6. The second-order valence-corrected chi connectivity index (χ2v) is 7.63. The van der Waals surface area contributed by atoms with Crippen molar-refractivity contribution in [2.45, 2.75) is 97.0 Å². The van der Waals surface area contributed by atoms with E-state index in [1.165, 1.54) is 77.0 Å². The largest absolute Gasteiger partial charge is 0.378 e. The predicted octanol–water partition coefficient (Wildman–Crippen LogP) is 6.52. The summed E-state index contributed by atoms with van der Waals surface area (Å²) in [5, 5.41) is 0. The van der Waals surface area contributed by atoms with Gasteiger partial charge in [-0.25, -0.2) is 0 Å². The van der Waals surface area contributed by atoms with Crippen molar-refractivity contribution in [3.8, 4) is 0 Å². The Bertz CT molecular complexity index is 293. The van der Waals surface area contributed by atoms with Crippen LogP contribution in [0, 0.1) is 17.8 Å². The van der Waals surface area contributed by atoms with E-state index in [1.54, 1.807) is 0 Å². The van der Waals surface area contributed by atoms with Crippen molar-refractivity contribution in [2.75, 3.05) is 6.61 Å². The minimum absolute atomic E-state index is 0.580. The molecule has 2 aliphatic carbocycles. The zero-order valence-electron chi connectivity index (χ0n) is 15.1. The van der Waals surface area contributed by atoms with Gasteiger partial charge in [-0.15, -0.1) is 0 Å². The van der Waals surface area contributed by atoms with Crippen molar-refractivity contribution in [1.29, 1.82) is 0 Å². The number of allylic oxidation sites excluding steroid dienone is 2. The summed E-state index contributed by atoms with van der Waals surface area (Å²) in [5.41, 5.74) is 0. The van der Waals surface area contributed by atoms with Gasteiger partial charge in [0.1, 0.15) is 0 Å². The maximum atomic E-state index is 6.07. The summed E-state index contributed by atoms with van der Waals surface area (Å²) in [6.07, 6.45) is 21.8. The quantitative estimate of drug-likeness (QED) is 0.366. The van der Waals surface area contributed by atoms with Crippen LogP contribution in [0.3, 0.4) is 0 Å². The number of rotatable bonds is 8. The van der Waals surface area contributed by atoms with E-state index in [1.807, 2.05) is 0 Å². The molecule has 0 bridgehead atoms. The minimum Gasteiger partial charge on any atom is -0.378 e. The molecule has 1 nitrogen and oxygen atoms in total. The molecular weight excluding hydrogens is 268 g/mol. The van der Waals surface area contributed by atoms with Gasteiger partial charge in [0.15, 0.2) is 0 Å². The average molecular weight is 307 g/mol. The van der Waals surface area contributed by atoms with Crippen molar-refractivity contribution < 1.29 is 4.74 Å². The Labute approximate surface area is 138 Å². The lowest BCUT2D eigenvalue weighted by Gasteiger charge is -2.37. The summed E-state index contributed by atoms with van der Waals surface area (Å²) >= 11 is 0. The van der Waals surface area contributed by atoms with Crippen molar-refractivity contribution in [2.24, 2.45) is 17.8 Å². The van der Waals surface area contributed by atoms with Crippen molar-refractivity contribution in [3.05, 3.63) is 12.2 Å². The van der Waals surface area contributed by atoms with Crippen molar-refractivity contribution in [3.63, 3.8) is 0 Å². The van der Waals surface area contributed by atoms with Crippen LogP contribution in [-0.2, 0) is 4.74 Å². The highest BCUT2D eigenvalue weighted by Gasteiger charge is 2.30. The zero-order valence-corrected chi connectivity index (χ0v) is 15.1. The van der Waals surface area contributed by atoms with E-state index in [0.29, 0.717) is 6.10 Å². The summed E-state index contributed by atoms with van der Waals surface area (Å²) in [6, 6.07) is 0. The molecule has 2 aliphatic rings. The highest BCUT2D eigenvalue weighted by atomic mass is 16.5. The average Bonchev–Trinajstić information content (AvgIpc) is 2.58. The van der Waals surface area contributed by atoms with Gasteiger partial charge >= 0.3 is 0 Å². The maximum absolute atomic E-state index is 6.07. The van der Waals surface area contributed by atoms with Gasteiger partial charge in [-0.3, -0.25) is 0 Å². The molecule has 0 saturated heterocycles. The van der Waals surface area contributed by atoms with Crippen LogP contribution in [0.2, 0.25) is 0 Å². The van der Waals surface area contributed by atoms with Gasteiger partial charge in [0.25, 0.3) is 0 Å². The number of unbranched alkanes of at least 4 members (excludes halogenated alkanes) is 2. The highest BCUT2D eigenvalue weighted by molar-refractivity contribution is 4.92. The minimum atomic E-state index is 0.580. The molecule has 0 unspecified atom stereocenters. The lowest BCUT2D eigenvalue weighted by molar-refractivity contribution is 0.00606. The topological polar surface area (TPSA) is 9.23 Å². The molecule has 0 radical (unpaired) electrons. The summed E-state index contributed by atoms with van der Waals surface area (Å²) in [6.45, 7) is 5.50. The van der Waals surface area contributed by atoms with Crippen LogP contribution in [0.25, 0.3) is 0 Å². The molecule has 0 aromatic heterocycles. The first-order valence-electron chi connectivity index (χ1n) is 10.1. The molecule has 0 aromatic rings. The number of hydrogen-bond acceptors (Lipinski definition) is 1. The van der Waals surface area contributed by atoms with Crippen molar-refractivity contribution >= 4 is 0 Å². The number of hydrogen-bond donors (Lipinski definition) is 0. The molecule has 0 amide bonds. The molecule has 0 heterocycles. The molecule has 1 heteroatoms. The molecule has 0 atom stereocenters. The van der Waals surface area contributed by atoms with E-state index >= 15 is 0 Å². The second-order valence-electron chi connectivity index (χ2n) is 7.63. The Balaban J connectivity index is 1.60. The van der Waals surface area contributed by atoms with E-state index in [9.17, 15) is 0 Å². The summed E-state index contributed by atoms with van der Waals surface area (Å²) in [5.74, 6) is 2.91. The molecule has 0 aliphatic heterocycles. The molecule has 128 valence electrons. The second kappa shape index (κ2) is 10.5. The van der Waals surface area contributed by atoms with Gasteiger partial charge < -0.3 is 4.74 Å². The third kappa shape index (κ3) is 6.07. The van der Waals surface area contributed by atoms with Gasteiger partial charge in [-0.05, 0) is 82.0 Å². The molecule has 2 rings (SSSR count). The maximum Gasteiger partial charge on any atom is 0.0575 e. The lowest BCUT2D eigenvalue weighted by atomic mass is 9.70. The van der Waals surface area contributed by atoms with Gasteiger partial charge in [0, 0.05) is 6.61 Å². The predicted molar refractivity (Wildman–Crippen MR) is 96.1 cm³/mol. The SMILES string of the molecule is CC/C=C/[C@H]1CC[C@H]([C@H]2CC[C@H](OCCCCC)CC2)CC1. The Morgan fingerprint density at radius 1 is 0.818 bits per heavy atom.